The Hall–Kier alpha value is -1.59. The number of hydrogen-bond acceptors (Lipinski definition) is 4. The molecule has 0 radical (unpaired) electrons. The molecule has 0 aliphatic rings. The Labute approximate surface area is 113 Å². The van der Waals surface area contributed by atoms with E-state index in [1.807, 2.05) is 39.0 Å². The Bertz CT molecular complexity index is 386. The lowest BCUT2D eigenvalue weighted by Gasteiger charge is -2.21. The van der Waals surface area contributed by atoms with E-state index >= 15 is 0 Å². The Balaban J connectivity index is 2.23. The second-order valence-electron chi connectivity index (χ2n) is 5.17. The van der Waals surface area contributed by atoms with Crippen LogP contribution in [0.3, 0.4) is 0 Å². The first-order valence-corrected chi connectivity index (χ1v) is 6.18. The molecule has 1 rings (SSSR count). The molecule has 0 heterocycles. The molecule has 0 bridgehead atoms. The largest absolute Gasteiger partial charge is 0.446 e. The monoisotopic (exact) mass is 267 g/mol. The fourth-order valence-electron chi connectivity index (χ4n) is 1.24. The molecule has 2 N–H and O–H groups in total. The highest BCUT2D eigenvalue weighted by Crippen LogP contribution is 2.08. The Kier molecular flexibility index (Phi) is 5.79. The van der Waals surface area contributed by atoms with Crippen molar-refractivity contribution in [1.29, 1.82) is 0 Å². The zero-order valence-corrected chi connectivity index (χ0v) is 11.6. The molecule has 0 fully saturated rings. The molecule has 1 aromatic rings. The van der Waals surface area contributed by atoms with E-state index in [9.17, 15) is 9.90 Å². The predicted octanol–water partition coefficient (Wildman–Crippen LogP) is 2.41. The van der Waals surface area contributed by atoms with Gasteiger partial charge in [0.15, 0.2) is 0 Å². The van der Waals surface area contributed by atoms with Crippen LogP contribution in [0.25, 0.3) is 0 Å². The highest BCUT2D eigenvalue weighted by molar-refractivity contribution is 5.84. The lowest BCUT2D eigenvalue weighted by molar-refractivity contribution is -0.0619. The summed E-state index contributed by atoms with van der Waals surface area (Å²) in [5.41, 5.74) is 0.320. The number of ether oxygens (including phenoxy) is 2. The Morgan fingerprint density at radius 3 is 2.47 bits per heavy atom. The van der Waals surface area contributed by atoms with E-state index in [0.717, 1.165) is 0 Å². The summed E-state index contributed by atoms with van der Waals surface area (Å²) in [6.07, 6.45) is -1.43. The number of nitrogens with one attached hydrogen (secondary N) is 1. The van der Waals surface area contributed by atoms with Crippen molar-refractivity contribution in [1.82, 2.24) is 0 Å². The van der Waals surface area contributed by atoms with E-state index in [4.69, 9.17) is 9.47 Å². The number of aliphatic hydroxyl groups is 1. The minimum Gasteiger partial charge on any atom is -0.446 e. The topological polar surface area (TPSA) is 67.8 Å². The smallest absolute Gasteiger partial charge is 0.411 e. The second-order valence-corrected chi connectivity index (χ2v) is 5.17. The van der Waals surface area contributed by atoms with Crippen LogP contribution in [0.1, 0.15) is 20.8 Å². The van der Waals surface area contributed by atoms with Crippen LogP contribution in [-0.4, -0.2) is 36.1 Å². The highest BCUT2D eigenvalue weighted by Gasteiger charge is 2.15. The van der Waals surface area contributed by atoms with Crippen molar-refractivity contribution >= 4 is 11.8 Å². The standard InChI is InChI=1S/C14H21NO4/c1-14(2,3)19-10-12(16)9-18-13(17)15-11-7-5-4-6-8-11/h4-8,12,16H,9-10H2,1-3H3,(H,15,17). The van der Waals surface area contributed by atoms with Gasteiger partial charge in [-0.2, -0.15) is 0 Å². The number of benzene rings is 1. The van der Waals surface area contributed by atoms with E-state index in [1.165, 1.54) is 0 Å². The van der Waals surface area contributed by atoms with Gasteiger partial charge in [0.2, 0.25) is 0 Å². The maximum Gasteiger partial charge on any atom is 0.411 e. The van der Waals surface area contributed by atoms with Crippen molar-refractivity contribution in [3.05, 3.63) is 30.3 Å². The first-order valence-electron chi connectivity index (χ1n) is 6.18. The summed E-state index contributed by atoms with van der Waals surface area (Å²) in [6.45, 7) is 5.70. The summed E-state index contributed by atoms with van der Waals surface area (Å²) in [4.78, 5) is 11.4. The van der Waals surface area contributed by atoms with E-state index in [0.29, 0.717) is 5.69 Å². The number of hydrogen-bond donors (Lipinski definition) is 2. The third-order valence-electron chi connectivity index (χ3n) is 2.14. The minimum atomic E-state index is -0.833. The number of carbonyl (C=O) groups excluding carboxylic acids is 1. The summed E-state index contributed by atoms with van der Waals surface area (Å²) in [7, 11) is 0. The van der Waals surface area contributed by atoms with E-state index < -0.39 is 12.2 Å². The maximum atomic E-state index is 11.4. The molecule has 1 unspecified atom stereocenters. The van der Waals surface area contributed by atoms with Crippen molar-refractivity contribution in [2.45, 2.75) is 32.5 Å². The molecule has 19 heavy (non-hydrogen) atoms. The van der Waals surface area contributed by atoms with E-state index in [1.54, 1.807) is 12.1 Å². The third kappa shape index (κ3) is 7.43. The predicted molar refractivity (Wildman–Crippen MR) is 73.1 cm³/mol. The highest BCUT2D eigenvalue weighted by atomic mass is 16.6. The summed E-state index contributed by atoms with van der Waals surface area (Å²) in [5.74, 6) is 0. The van der Waals surface area contributed by atoms with Crippen LogP contribution in [0.4, 0.5) is 10.5 Å². The Morgan fingerprint density at radius 2 is 1.89 bits per heavy atom. The average molecular weight is 267 g/mol. The van der Waals surface area contributed by atoms with Gasteiger partial charge in [0, 0.05) is 5.69 Å². The zero-order valence-electron chi connectivity index (χ0n) is 11.6. The van der Waals surface area contributed by atoms with Crippen LogP contribution in [-0.2, 0) is 9.47 Å². The van der Waals surface area contributed by atoms with Crippen LogP contribution in [0.15, 0.2) is 30.3 Å². The van der Waals surface area contributed by atoms with Gasteiger partial charge >= 0.3 is 6.09 Å². The molecule has 5 nitrogen and oxygen atoms in total. The third-order valence-corrected chi connectivity index (χ3v) is 2.14. The number of amides is 1. The molecule has 0 spiro atoms. The quantitative estimate of drug-likeness (QED) is 0.859. The number of para-hydroxylation sites is 1. The van der Waals surface area contributed by atoms with Gasteiger partial charge in [-0.3, -0.25) is 5.32 Å². The van der Waals surface area contributed by atoms with Crippen molar-refractivity contribution in [2.75, 3.05) is 18.5 Å². The van der Waals surface area contributed by atoms with Crippen molar-refractivity contribution in [3.8, 4) is 0 Å². The molecule has 0 aliphatic heterocycles. The zero-order chi connectivity index (χ0) is 14.3. The van der Waals surface area contributed by atoms with Gasteiger partial charge in [0.25, 0.3) is 0 Å². The lowest BCUT2D eigenvalue weighted by Crippen LogP contribution is -2.30. The van der Waals surface area contributed by atoms with Gasteiger partial charge in [-0.15, -0.1) is 0 Å². The number of carbonyl (C=O) groups is 1. The van der Waals surface area contributed by atoms with Crippen LogP contribution < -0.4 is 5.32 Å². The molecule has 106 valence electrons. The molecule has 1 aromatic carbocycles. The molecule has 0 saturated carbocycles. The number of aliphatic hydroxyl groups excluding tert-OH is 1. The molecule has 0 aromatic heterocycles. The van der Waals surface area contributed by atoms with E-state index in [-0.39, 0.29) is 18.8 Å². The normalized spacial score (nSPS) is 12.8. The SMILES string of the molecule is CC(C)(C)OCC(O)COC(=O)Nc1ccccc1. The molecule has 0 aliphatic carbocycles. The average Bonchev–Trinajstić information content (AvgIpc) is 2.34. The van der Waals surface area contributed by atoms with Gasteiger partial charge in [0.05, 0.1) is 12.2 Å². The number of anilines is 1. The molecular weight excluding hydrogens is 246 g/mol. The van der Waals surface area contributed by atoms with Gasteiger partial charge in [-0.05, 0) is 32.9 Å². The van der Waals surface area contributed by atoms with Crippen molar-refractivity contribution in [2.24, 2.45) is 0 Å². The van der Waals surface area contributed by atoms with Crippen LogP contribution in [0.2, 0.25) is 0 Å². The van der Waals surface area contributed by atoms with Gasteiger partial charge in [0.1, 0.15) is 12.7 Å². The number of rotatable bonds is 5. The lowest BCUT2D eigenvalue weighted by atomic mass is 10.2. The van der Waals surface area contributed by atoms with Crippen LogP contribution in [0, 0.1) is 0 Å². The molecule has 1 atom stereocenters. The van der Waals surface area contributed by atoms with Gasteiger partial charge in [-0.1, -0.05) is 18.2 Å². The van der Waals surface area contributed by atoms with Crippen molar-refractivity contribution < 1.29 is 19.4 Å². The summed E-state index contributed by atoms with van der Waals surface area (Å²) >= 11 is 0. The van der Waals surface area contributed by atoms with Crippen molar-refractivity contribution in [3.63, 3.8) is 0 Å². The second kappa shape index (κ2) is 7.11. The summed E-state index contributed by atoms with van der Waals surface area (Å²) < 4.78 is 10.3. The molecular formula is C14H21NO4. The van der Waals surface area contributed by atoms with E-state index in [2.05, 4.69) is 5.32 Å². The fraction of sp³-hybridized carbons (Fsp3) is 0.500. The molecule has 0 saturated heterocycles. The summed E-state index contributed by atoms with van der Waals surface area (Å²) in [5, 5.41) is 12.2. The maximum absolute atomic E-state index is 11.4. The Morgan fingerprint density at radius 1 is 1.26 bits per heavy atom. The fourth-order valence-corrected chi connectivity index (χ4v) is 1.24. The van der Waals surface area contributed by atoms with Gasteiger partial charge < -0.3 is 14.6 Å². The first kappa shape index (κ1) is 15.5. The van der Waals surface area contributed by atoms with Crippen LogP contribution in [0.5, 0.6) is 0 Å². The molecule has 1 amide bonds. The molecule has 5 heteroatoms. The minimum absolute atomic E-state index is 0.102. The first-order chi connectivity index (χ1) is 8.87. The van der Waals surface area contributed by atoms with Gasteiger partial charge in [-0.25, -0.2) is 4.79 Å². The summed E-state index contributed by atoms with van der Waals surface area (Å²) in [6, 6.07) is 8.97. The van der Waals surface area contributed by atoms with Crippen LogP contribution >= 0.6 is 0 Å².